The molecule has 2 N–H and O–H groups in total. The van der Waals surface area contributed by atoms with Gasteiger partial charge in [0.05, 0.1) is 5.54 Å². The zero-order valence-corrected chi connectivity index (χ0v) is 11.7. The van der Waals surface area contributed by atoms with E-state index in [2.05, 4.69) is 5.32 Å². The Morgan fingerprint density at radius 2 is 2.00 bits per heavy atom. The summed E-state index contributed by atoms with van der Waals surface area (Å²) < 4.78 is 0. The zero-order chi connectivity index (χ0) is 13.9. The zero-order valence-electron chi connectivity index (χ0n) is 11.7. The number of likely N-dealkylation sites (tertiary alicyclic amines) is 1. The molecule has 0 aliphatic carbocycles. The normalized spacial score (nSPS) is 32.7. The van der Waals surface area contributed by atoms with Crippen LogP contribution in [0.1, 0.15) is 51.9 Å². The van der Waals surface area contributed by atoms with E-state index in [4.69, 9.17) is 0 Å². The van der Waals surface area contributed by atoms with E-state index in [9.17, 15) is 14.7 Å². The first-order chi connectivity index (χ1) is 9.04. The molecule has 2 aliphatic rings. The molecule has 1 amide bonds. The van der Waals surface area contributed by atoms with Gasteiger partial charge in [0, 0.05) is 6.54 Å². The minimum atomic E-state index is -0.866. The van der Waals surface area contributed by atoms with E-state index in [1.54, 1.807) is 4.90 Å². The topological polar surface area (TPSA) is 69.6 Å². The lowest BCUT2D eigenvalue weighted by Crippen LogP contribution is -2.60. The quantitative estimate of drug-likeness (QED) is 0.793. The number of carboxylic acid groups (broad SMARTS) is 1. The Bertz CT molecular complexity index is 351. The maximum atomic E-state index is 12.7. The van der Waals surface area contributed by atoms with Crippen LogP contribution in [-0.4, -0.2) is 46.6 Å². The van der Waals surface area contributed by atoms with Gasteiger partial charge >= 0.3 is 5.97 Å². The number of rotatable bonds is 2. The number of hydrogen-bond donors (Lipinski definition) is 2. The summed E-state index contributed by atoms with van der Waals surface area (Å²) in [6.45, 7) is 3.33. The second kappa shape index (κ2) is 5.90. The van der Waals surface area contributed by atoms with Crippen molar-refractivity contribution in [3.05, 3.63) is 0 Å². The first kappa shape index (κ1) is 14.3. The van der Waals surface area contributed by atoms with Crippen molar-refractivity contribution in [1.82, 2.24) is 10.2 Å². The molecule has 0 aromatic carbocycles. The molecule has 2 aliphatic heterocycles. The van der Waals surface area contributed by atoms with Gasteiger partial charge in [-0.15, -0.1) is 0 Å². The predicted molar refractivity (Wildman–Crippen MR) is 71.9 cm³/mol. The van der Waals surface area contributed by atoms with Gasteiger partial charge in [-0.3, -0.25) is 4.79 Å². The Morgan fingerprint density at radius 1 is 1.21 bits per heavy atom. The Labute approximate surface area is 114 Å². The predicted octanol–water partition coefficient (Wildman–Crippen LogP) is 1.37. The fourth-order valence-electron chi connectivity index (χ4n) is 3.16. The van der Waals surface area contributed by atoms with Crippen molar-refractivity contribution in [3.63, 3.8) is 0 Å². The van der Waals surface area contributed by atoms with Crippen molar-refractivity contribution in [1.29, 1.82) is 0 Å². The first-order valence-electron chi connectivity index (χ1n) is 7.33. The Balaban J connectivity index is 2.15. The summed E-state index contributed by atoms with van der Waals surface area (Å²) in [5, 5.41) is 12.6. The van der Waals surface area contributed by atoms with E-state index >= 15 is 0 Å². The van der Waals surface area contributed by atoms with Crippen LogP contribution >= 0.6 is 0 Å². The highest BCUT2D eigenvalue weighted by Gasteiger charge is 2.41. The lowest BCUT2D eigenvalue weighted by atomic mass is 9.89. The van der Waals surface area contributed by atoms with Crippen LogP contribution in [-0.2, 0) is 9.59 Å². The van der Waals surface area contributed by atoms with Crippen LogP contribution in [0.5, 0.6) is 0 Å². The van der Waals surface area contributed by atoms with E-state index < -0.39 is 17.6 Å². The SMILES string of the molecule is CC1(C(=O)N2CCCCCC2C(=O)O)CCCCN1. The lowest BCUT2D eigenvalue weighted by Gasteiger charge is -2.39. The van der Waals surface area contributed by atoms with E-state index in [1.807, 2.05) is 6.92 Å². The smallest absolute Gasteiger partial charge is 0.326 e. The molecule has 0 radical (unpaired) electrons. The maximum absolute atomic E-state index is 12.7. The molecule has 108 valence electrons. The molecule has 5 nitrogen and oxygen atoms in total. The molecule has 0 aromatic heterocycles. The van der Waals surface area contributed by atoms with Crippen LogP contribution in [0.25, 0.3) is 0 Å². The molecule has 2 fully saturated rings. The van der Waals surface area contributed by atoms with Gasteiger partial charge in [-0.05, 0) is 45.6 Å². The molecule has 0 bridgehead atoms. The third-order valence-electron chi connectivity index (χ3n) is 4.39. The highest BCUT2D eigenvalue weighted by molar-refractivity contribution is 5.90. The summed E-state index contributed by atoms with van der Waals surface area (Å²) in [4.78, 5) is 25.7. The molecule has 0 saturated carbocycles. The number of nitrogens with zero attached hydrogens (tertiary/aromatic N) is 1. The van der Waals surface area contributed by atoms with Crippen molar-refractivity contribution >= 4 is 11.9 Å². The highest BCUT2D eigenvalue weighted by Crippen LogP contribution is 2.25. The minimum Gasteiger partial charge on any atom is -0.480 e. The molecule has 0 aromatic rings. The summed E-state index contributed by atoms with van der Waals surface area (Å²) >= 11 is 0. The number of carbonyl (C=O) groups is 2. The molecule has 2 atom stereocenters. The largest absolute Gasteiger partial charge is 0.480 e. The van der Waals surface area contributed by atoms with Crippen LogP contribution in [0.3, 0.4) is 0 Å². The number of hydrogen-bond acceptors (Lipinski definition) is 3. The van der Waals surface area contributed by atoms with Gasteiger partial charge in [-0.2, -0.15) is 0 Å². The second-order valence-electron chi connectivity index (χ2n) is 5.92. The van der Waals surface area contributed by atoms with E-state index in [0.29, 0.717) is 13.0 Å². The van der Waals surface area contributed by atoms with E-state index in [1.165, 1.54) is 0 Å². The molecule has 2 heterocycles. The number of aliphatic carboxylic acids is 1. The van der Waals surface area contributed by atoms with Crippen LogP contribution < -0.4 is 5.32 Å². The molecule has 5 heteroatoms. The summed E-state index contributed by atoms with van der Waals surface area (Å²) in [7, 11) is 0. The van der Waals surface area contributed by atoms with Gasteiger partial charge in [-0.25, -0.2) is 4.79 Å². The fraction of sp³-hybridized carbons (Fsp3) is 0.857. The van der Waals surface area contributed by atoms with Crippen molar-refractivity contribution in [2.24, 2.45) is 0 Å². The molecule has 19 heavy (non-hydrogen) atoms. The molecule has 2 saturated heterocycles. The van der Waals surface area contributed by atoms with Gasteiger partial charge in [-0.1, -0.05) is 12.8 Å². The lowest BCUT2D eigenvalue weighted by molar-refractivity contribution is -0.153. The van der Waals surface area contributed by atoms with E-state index in [-0.39, 0.29) is 5.91 Å². The third kappa shape index (κ3) is 3.08. The monoisotopic (exact) mass is 268 g/mol. The van der Waals surface area contributed by atoms with Gasteiger partial charge in [0.2, 0.25) is 5.91 Å². The highest BCUT2D eigenvalue weighted by atomic mass is 16.4. The van der Waals surface area contributed by atoms with Crippen molar-refractivity contribution in [2.75, 3.05) is 13.1 Å². The summed E-state index contributed by atoms with van der Waals surface area (Å²) in [5.41, 5.74) is -0.573. The standard InChI is InChI=1S/C14H24N2O3/c1-14(8-4-5-9-15-14)13(19)16-10-6-2-3-7-11(16)12(17)18/h11,15H,2-10H2,1H3,(H,17,18). The van der Waals surface area contributed by atoms with Crippen molar-refractivity contribution in [3.8, 4) is 0 Å². The Morgan fingerprint density at radius 3 is 2.63 bits per heavy atom. The summed E-state index contributed by atoms with van der Waals surface area (Å²) in [6.07, 6.45) is 6.31. The second-order valence-corrected chi connectivity index (χ2v) is 5.92. The van der Waals surface area contributed by atoms with Gasteiger partial charge < -0.3 is 15.3 Å². The van der Waals surface area contributed by atoms with Crippen LogP contribution in [0.2, 0.25) is 0 Å². The number of carboxylic acids is 1. The molecule has 2 rings (SSSR count). The number of carbonyl (C=O) groups excluding carboxylic acids is 1. The van der Waals surface area contributed by atoms with Gasteiger partial charge in [0.1, 0.15) is 6.04 Å². The minimum absolute atomic E-state index is 0.0264. The average molecular weight is 268 g/mol. The number of piperidine rings is 1. The Kier molecular flexibility index (Phi) is 4.45. The van der Waals surface area contributed by atoms with Crippen molar-refractivity contribution < 1.29 is 14.7 Å². The molecule has 2 unspecified atom stereocenters. The Hall–Kier alpha value is -1.10. The van der Waals surface area contributed by atoms with Crippen molar-refractivity contribution in [2.45, 2.75) is 63.5 Å². The van der Waals surface area contributed by atoms with E-state index in [0.717, 1.165) is 45.1 Å². The fourth-order valence-corrected chi connectivity index (χ4v) is 3.16. The third-order valence-corrected chi connectivity index (χ3v) is 4.39. The molecule has 0 spiro atoms. The molecular formula is C14H24N2O3. The summed E-state index contributed by atoms with van der Waals surface area (Å²) in [6, 6.07) is -0.643. The van der Waals surface area contributed by atoms with Gasteiger partial charge in [0.15, 0.2) is 0 Å². The first-order valence-corrected chi connectivity index (χ1v) is 7.33. The maximum Gasteiger partial charge on any atom is 0.326 e. The average Bonchev–Trinajstić information content (AvgIpc) is 2.64. The van der Waals surface area contributed by atoms with Crippen LogP contribution in [0.15, 0.2) is 0 Å². The van der Waals surface area contributed by atoms with Crippen LogP contribution in [0.4, 0.5) is 0 Å². The number of nitrogens with one attached hydrogen (secondary N) is 1. The van der Waals surface area contributed by atoms with Crippen LogP contribution in [0, 0.1) is 0 Å². The van der Waals surface area contributed by atoms with Gasteiger partial charge in [0.25, 0.3) is 0 Å². The number of amides is 1. The summed E-state index contributed by atoms with van der Waals surface area (Å²) in [5.74, 6) is -0.892. The molecular weight excluding hydrogens is 244 g/mol.